The number of carbonyl (C=O) groups excluding carboxylic acids is 3. The van der Waals surface area contributed by atoms with Gasteiger partial charge < -0.3 is 9.47 Å². The number of nitrogens with one attached hydrogen (secondary N) is 1. The van der Waals surface area contributed by atoms with Gasteiger partial charge in [-0.2, -0.15) is 0 Å². The van der Waals surface area contributed by atoms with Crippen molar-refractivity contribution < 1.29 is 23.9 Å². The molecule has 7 nitrogen and oxygen atoms in total. The molecule has 0 radical (unpaired) electrons. The van der Waals surface area contributed by atoms with Crippen molar-refractivity contribution >= 4 is 29.6 Å². The molecule has 1 N–H and O–H groups in total. The first-order chi connectivity index (χ1) is 15.0. The number of nitrogens with zero attached hydrogens (tertiary/aromatic N) is 1. The third kappa shape index (κ3) is 4.30. The molecule has 0 saturated carbocycles. The highest BCUT2D eigenvalue weighted by atomic mass is 16.5. The summed E-state index contributed by atoms with van der Waals surface area (Å²) in [5.74, 6) is 0.320. The van der Waals surface area contributed by atoms with E-state index in [9.17, 15) is 14.4 Å². The van der Waals surface area contributed by atoms with Crippen molar-refractivity contribution in [1.29, 1.82) is 0 Å². The maximum atomic E-state index is 13.0. The van der Waals surface area contributed by atoms with Gasteiger partial charge >= 0.3 is 6.03 Å². The third-order valence-electron chi connectivity index (χ3n) is 4.58. The monoisotopic (exact) mass is 414 g/mol. The van der Waals surface area contributed by atoms with Crippen molar-refractivity contribution in [2.75, 3.05) is 12.0 Å². The molecule has 3 aromatic rings. The fraction of sp³-hybridized carbons (Fsp3) is 0.0417. The largest absolute Gasteiger partial charge is 0.497 e. The van der Waals surface area contributed by atoms with E-state index in [-0.39, 0.29) is 5.57 Å². The summed E-state index contributed by atoms with van der Waals surface area (Å²) in [4.78, 5) is 38.6. The van der Waals surface area contributed by atoms with E-state index in [0.29, 0.717) is 28.5 Å². The van der Waals surface area contributed by atoms with Gasteiger partial charge in [0.15, 0.2) is 0 Å². The van der Waals surface area contributed by atoms with Crippen molar-refractivity contribution in [2.24, 2.45) is 0 Å². The van der Waals surface area contributed by atoms with Crippen molar-refractivity contribution in [2.45, 2.75) is 0 Å². The van der Waals surface area contributed by atoms with Crippen molar-refractivity contribution in [3.63, 3.8) is 0 Å². The van der Waals surface area contributed by atoms with E-state index < -0.39 is 17.8 Å². The summed E-state index contributed by atoms with van der Waals surface area (Å²) in [7, 11) is 1.52. The van der Waals surface area contributed by atoms with Crippen LogP contribution in [0.4, 0.5) is 10.5 Å². The van der Waals surface area contributed by atoms with Crippen LogP contribution >= 0.6 is 0 Å². The molecule has 31 heavy (non-hydrogen) atoms. The zero-order chi connectivity index (χ0) is 21.8. The lowest BCUT2D eigenvalue weighted by molar-refractivity contribution is -0.122. The lowest BCUT2D eigenvalue weighted by atomic mass is 10.1. The maximum Gasteiger partial charge on any atom is 0.335 e. The van der Waals surface area contributed by atoms with Crippen LogP contribution < -0.4 is 19.7 Å². The average Bonchev–Trinajstić information content (AvgIpc) is 2.78. The highest BCUT2D eigenvalue weighted by molar-refractivity contribution is 6.39. The van der Waals surface area contributed by atoms with E-state index in [1.165, 1.54) is 13.2 Å². The lowest BCUT2D eigenvalue weighted by Crippen LogP contribution is -2.54. The minimum atomic E-state index is -0.807. The van der Waals surface area contributed by atoms with Gasteiger partial charge in [-0.05, 0) is 60.2 Å². The van der Waals surface area contributed by atoms with Crippen LogP contribution in [0, 0.1) is 0 Å². The highest BCUT2D eigenvalue weighted by Crippen LogP contribution is 2.26. The number of methoxy groups -OCH3 is 1. The van der Waals surface area contributed by atoms with E-state index in [1.807, 2.05) is 30.3 Å². The van der Waals surface area contributed by atoms with Gasteiger partial charge in [-0.15, -0.1) is 0 Å². The van der Waals surface area contributed by atoms with Crippen molar-refractivity contribution in [1.82, 2.24) is 5.32 Å². The van der Waals surface area contributed by atoms with Gasteiger partial charge in [-0.1, -0.05) is 30.3 Å². The molecule has 0 spiro atoms. The normalized spacial score (nSPS) is 15.1. The van der Waals surface area contributed by atoms with E-state index in [2.05, 4.69) is 5.32 Å². The van der Waals surface area contributed by atoms with Gasteiger partial charge in [-0.3, -0.25) is 14.9 Å². The molecular formula is C24H18N2O5. The standard InChI is InChI=1S/C24H18N2O5/c1-30-18-12-10-17(11-13-18)26-23(28)21(22(27)25-24(26)29)15-16-6-5-9-20(14-16)31-19-7-3-2-4-8-19/h2-15H,1H3,(H,25,27,29)/b21-15+. The van der Waals surface area contributed by atoms with Crippen LogP contribution in [0.5, 0.6) is 17.2 Å². The number of carbonyl (C=O) groups is 3. The summed E-state index contributed by atoms with van der Waals surface area (Å²) >= 11 is 0. The Morgan fingerprint density at radius 3 is 2.23 bits per heavy atom. The number of benzene rings is 3. The number of barbiturate groups is 1. The van der Waals surface area contributed by atoms with Crippen molar-refractivity contribution in [3.8, 4) is 17.2 Å². The number of hydrogen-bond acceptors (Lipinski definition) is 5. The van der Waals surface area contributed by atoms with Crippen LogP contribution in [0.2, 0.25) is 0 Å². The second-order valence-corrected chi connectivity index (χ2v) is 6.64. The predicted octanol–water partition coefficient (Wildman–Crippen LogP) is 4.15. The first kappa shape index (κ1) is 19.9. The number of para-hydroxylation sites is 1. The van der Waals surface area contributed by atoms with E-state index in [4.69, 9.17) is 9.47 Å². The van der Waals surface area contributed by atoms with Gasteiger partial charge in [0.05, 0.1) is 12.8 Å². The minimum absolute atomic E-state index is 0.160. The summed E-state index contributed by atoms with van der Waals surface area (Å²) in [6.07, 6.45) is 1.43. The highest BCUT2D eigenvalue weighted by Gasteiger charge is 2.36. The topological polar surface area (TPSA) is 84.9 Å². The van der Waals surface area contributed by atoms with Crippen LogP contribution in [0.25, 0.3) is 6.08 Å². The van der Waals surface area contributed by atoms with Crippen molar-refractivity contribution in [3.05, 3.63) is 90.0 Å². The van der Waals surface area contributed by atoms with E-state index in [0.717, 1.165) is 4.90 Å². The molecule has 1 fully saturated rings. The Morgan fingerprint density at radius 1 is 0.806 bits per heavy atom. The number of imide groups is 2. The van der Waals surface area contributed by atoms with Crippen LogP contribution in [0.3, 0.4) is 0 Å². The molecule has 7 heteroatoms. The fourth-order valence-corrected chi connectivity index (χ4v) is 3.08. The minimum Gasteiger partial charge on any atom is -0.497 e. The van der Waals surface area contributed by atoms with Gasteiger partial charge in [0, 0.05) is 0 Å². The predicted molar refractivity (Wildman–Crippen MR) is 115 cm³/mol. The molecule has 3 aromatic carbocycles. The Balaban J connectivity index is 1.63. The molecule has 1 heterocycles. The summed E-state index contributed by atoms with van der Waals surface area (Å²) < 4.78 is 10.9. The van der Waals surface area contributed by atoms with Gasteiger partial charge in [-0.25, -0.2) is 9.69 Å². The zero-order valence-corrected chi connectivity index (χ0v) is 16.6. The molecule has 1 aliphatic rings. The van der Waals surface area contributed by atoms with Crippen LogP contribution in [-0.2, 0) is 9.59 Å². The summed E-state index contributed by atoms with van der Waals surface area (Å²) in [5.41, 5.74) is 0.742. The summed E-state index contributed by atoms with van der Waals surface area (Å²) in [6.45, 7) is 0. The molecule has 0 atom stereocenters. The maximum absolute atomic E-state index is 13.0. The summed E-state index contributed by atoms with van der Waals surface area (Å²) in [5, 5.41) is 2.21. The molecule has 4 amide bonds. The number of amides is 4. The van der Waals surface area contributed by atoms with Gasteiger partial charge in [0.1, 0.15) is 22.8 Å². The number of rotatable bonds is 5. The molecule has 0 bridgehead atoms. The average molecular weight is 414 g/mol. The second-order valence-electron chi connectivity index (χ2n) is 6.64. The SMILES string of the molecule is COc1ccc(N2C(=O)NC(=O)/C(=C\c3cccc(Oc4ccccc4)c3)C2=O)cc1. The van der Waals surface area contributed by atoms with Gasteiger partial charge in [0.25, 0.3) is 11.8 Å². The first-order valence-electron chi connectivity index (χ1n) is 9.43. The molecule has 0 aliphatic carbocycles. The van der Waals surface area contributed by atoms with E-state index >= 15 is 0 Å². The molecule has 154 valence electrons. The van der Waals surface area contributed by atoms with Crippen LogP contribution in [-0.4, -0.2) is 25.0 Å². The smallest absolute Gasteiger partial charge is 0.335 e. The molecule has 1 saturated heterocycles. The molecule has 0 aromatic heterocycles. The zero-order valence-electron chi connectivity index (χ0n) is 16.6. The first-order valence-corrected chi connectivity index (χ1v) is 9.43. The second kappa shape index (κ2) is 8.54. The summed E-state index contributed by atoms with van der Waals surface area (Å²) in [6, 6.07) is 21.8. The van der Waals surface area contributed by atoms with Gasteiger partial charge in [0.2, 0.25) is 0 Å². The molecular weight excluding hydrogens is 396 g/mol. The van der Waals surface area contributed by atoms with Crippen LogP contribution in [0.15, 0.2) is 84.4 Å². The third-order valence-corrected chi connectivity index (χ3v) is 4.58. The number of ether oxygens (including phenoxy) is 2. The quantitative estimate of drug-likeness (QED) is 0.501. The van der Waals surface area contributed by atoms with Crippen LogP contribution in [0.1, 0.15) is 5.56 Å². The lowest BCUT2D eigenvalue weighted by Gasteiger charge is -2.26. The Morgan fingerprint density at radius 2 is 1.52 bits per heavy atom. The molecule has 1 aliphatic heterocycles. The number of urea groups is 1. The Kier molecular flexibility index (Phi) is 5.49. The fourth-order valence-electron chi connectivity index (χ4n) is 3.08. The Bertz CT molecular complexity index is 1170. The number of hydrogen-bond donors (Lipinski definition) is 1. The molecule has 4 rings (SSSR count). The number of anilines is 1. The molecule has 0 unspecified atom stereocenters. The Hall–Kier alpha value is -4.39. The Labute approximate surface area is 178 Å². The van der Waals surface area contributed by atoms with E-state index in [1.54, 1.807) is 48.5 Å².